The van der Waals surface area contributed by atoms with E-state index in [2.05, 4.69) is 0 Å². The van der Waals surface area contributed by atoms with E-state index in [4.69, 9.17) is 9.47 Å². The summed E-state index contributed by atoms with van der Waals surface area (Å²) in [5.41, 5.74) is -0.492. The first-order valence-electron chi connectivity index (χ1n) is 24.8. The number of methoxy groups -OCH3 is 2. The Bertz CT molecular complexity index is 2010. The van der Waals surface area contributed by atoms with E-state index < -0.39 is 55.4 Å². The first-order valence-corrected chi connectivity index (χ1v) is 26.5. The smallest absolute Gasteiger partial charge is 0.329 e. The molecule has 2 N–H and O–H groups in total. The number of ether oxygens (including phenoxy) is 2. The van der Waals surface area contributed by atoms with Gasteiger partial charge in [-0.15, -0.1) is 0 Å². The number of hydrogen-bond acceptors (Lipinski definition) is 10. The van der Waals surface area contributed by atoms with Crippen molar-refractivity contribution in [3.05, 3.63) is 48.0 Å². The molecule has 4 aliphatic rings. The first-order chi connectivity index (χ1) is 32.2. The highest BCUT2D eigenvalue weighted by Gasteiger charge is 2.52. The summed E-state index contributed by atoms with van der Waals surface area (Å²) >= 11 is 0. The Hall–Kier alpha value is -4.08. The van der Waals surface area contributed by atoms with Crippen LogP contribution >= 0.6 is 7.60 Å². The van der Waals surface area contributed by atoms with Gasteiger partial charge in [0, 0.05) is 83.6 Å². The molecule has 1 aromatic rings. The maximum Gasteiger partial charge on any atom is 0.329 e. The molecule has 1 aliphatic carbocycles. The quantitative estimate of drug-likeness (QED) is 0.0614. The zero-order valence-electron chi connectivity index (χ0n) is 41.5. The maximum absolute atomic E-state index is 14.7. The summed E-state index contributed by atoms with van der Waals surface area (Å²) in [6.45, 7) is 10.3. The van der Waals surface area contributed by atoms with E-state index in [1.54, 1.807) is 52.9 Å². The zero-order valence-corrected chi connectivity index (χ0v) is 42.4. The standard InChI is InChI=1S/C51H77N4O12P/c1-9-33(4)48(43(66-7)31-47(61)53-26-16-19-40(53)50(67-8)34(5)41(56)29-38(68(63,64)65)27-35-17-12-10-13-18-35)52(6)51(62)39(32(2)3)30-42(57)49-36-21-22-37(28-36)55(49)46(60)20-14-11-15-25-54-44(58)23-24-45(54)59/h10,12-13,17-18,23-24,32-34,36-40,43,48-50H,9,11,14-16,19-22,25-31H2,1-8H3,(H2,63,64,65)/t33-,34-,36-,37+,38+,39-,40-,43+,48-,49-,50+/m0/s1. The molecule has 68 heavy (non-hydrogen) atoms. The second-order valence-corrected chi connectivity index (χ2v) is 22.1. The normalized spacial score (nSPS) is 23.5. The SMILES string of the molecule is CC[C@H](C)[C@@H]([C@@H](CC(=O)N1CCC[C@H]1[C@H](OC)[C@@H](C)C(=O)C[C@@H](Cc1ccccc1)P(=O)(O)O)OC)N(C)C(=O)[C@@H](CC(=O)[C@@H]1[C@H]2CC[C@H](C2)N1C(=O)CCCCCN1C(=O)C=CC1=O)C(C)C. The molecular weight excluding hydrogens is 892 g/mol. The van der Waals surface area contributed by atoms with Gasteiger partial charge in [-0.25, -0.2) is 0 Å². The lowest BCUT2D eigenvalue weighted by Gasteiger charge is -2.41. The number of Topliss-reactive ketones (excluding diaryl/α,β-unsaturated/α-hetero) is 2. The van der Waals surface area contributed by atoms with Gasteiger partial charge in [-0.2, -0.15) is 0 Å². The fourth-order valence-electron chi connectivity index (χ4n) is 11.4. The van der Waals surface area contributed by atoms with Crippen LogP contribution in [0, 0.1) is 29.6 Å². The van der Waals surface area contributed by atoms with Gasteiger partial charge in [-0.05, 0) is 74.7 Å². The van der Waals surface area contributed by atoms with Gasteiger partial charge in [0.1, 0.15) is 5.78 Å². The maximum atomic E-state index is 14.7. The van der Waals surface area contributed by atoms with E-state index in [1.165, 1.54) is 31.3 Å². The van der Waals surface area contributed by atoms with Crippen LogP contribution in [0.25, 0.3) is 0 Å². The average molecular weight is 969 g/mol. The van der Waals surface area contributed by atoms with Crippen LogP contribution in [0.3, 0.4) is 0 Å². The highest BCUT2D eigenvalue weighted by Crippen LogP contribution is 2.46. The number of hydrogen-bond donors (Lipinski definition) is 2. The summed E-state index contributed by atoms with van der Waals surface area (Å²) in [6, 6.07) is 7.29. The number of unbranched alkanes of at least 4 members (excludes halogenated alkanes) is 2. The molecule has 5 rings (SSSR count). The molecule has 16 nitrogen and oxygen atoms in total. The lowest BCUT2D eigenvalue weighted by atomic mass is 9.83. The Labute approximate surface area is 403 Å². The molecule has 17 heteroatoms. The number of carbonyl (C=O) groups excluding carboxylic acids is 7. The predicted molar refractivity (Wildman–Crippen MR) is 256 cm³/mol. The van der Waals surface area contributed by atoms with Crippen LogP contribution in [-0.2, 0) is 54.0 Å². The third-order valence-electron chi connectivity index (χ3n) is 15.5. The molecular formula is C51H77N4O12P. The number of ketones is 2. The largest absolute Gasteiger partial charge is 0.379 e. The lowest BCUT2D eigenvalue weighted by Crippen LogP contribution is -2.54. The van der Waals surface area contributed by atoms with Crippen molar-refractivity contribution in [2.24, 2.45) is 29.6 Å². The fraction of sp³-hybridized carbons (Fsp3) is 0.706. The Kier molecular flexibility index (Phi) is 19.9. The molecule has 378 valence electrons. The number of piperidine rings is 1. The molecule has 0 aromatic heterocycles. The summed E-state index contributed by atoms with van der Waals surface area (Å²) in [5.74, 6) is -3.38. The van der Waals surface area contributed by atoms with E-state index in [0.29, 0.717) is 57.2 Å². The minimum atomic E-state index is -4.64. The molecule has 1 saturated carbocycles. The van der Waals surface area contributed by atoms with E-state index in [1.807, 2.05) is 33.8 Å². The highest BCUT2D eigenvalue weighted by molar-refractivity contribution is 7.52. The molecule has 2 bridgehead atoms. The average Bonchev–Trinajstić information content (AvgIpc) is 4.13. The zero-order chi connectivity index (χ0) is 50.0. The number of likely N-dealkylation sites (N-methyl/N-ethyl adjacent to an activating group) is 1. The van der Waals surface area contributed by atoms with Gasteiger partial charge in [0.05, 0.1) is 42.4 Å². The van der Waals surface area contributed by atoms with Crippen molar-refractivity contribution >= 4 is 48.7 Å². The van der Waals surface area contributed by atoms with Crippen molar-refractivity contribution in [3.63, 3.8) is 0 Å². The molecule has 0 radical (unpaired) electrons. The number of nitrogens with zero attached hydrogens (tertiary/aromatic N) is 4. The van der Waals surface area contributed by atoms with Crippen LogP contribution < -0.4 is 0 Å². The molecule has 1 aromatic carbocycles. The van der Waals surface area contributed by atoms with Crippen LogP contribution in [0.4, 0.5) is 0 Å². The van der Waals surface area contributed by atoms with E-state index in [-0.39, 0.29) is 97.0 Å². The summed E-state index contributed by atoms with van der Waals surface area (Å²) < 4.78 is 24.6. The minimum Gasteiger partial charge on any atom is -0.379 e. The molecule has 5 amide bonds. The monoisotopic (exact) mass is 969 g/mol. The second kappa shape index (κ2) is 24.7. The van der Waals surface area contributed by atoms with Gasteiger partial charge in [-0.3, -0.25) is 43.0 Å². The molecule has 0 spiro atoms. The van der Waals surface area contributed by atoms with Crippen molar-refractivity contribution in [2.75, 3.05) is 34.4 Å². The first kappa shape index (κ1) is 54.9. The molecule has 11 atom stereocenters. The second-order valence-electron chi connectivity index (χ2n) is 20.2. The Morgan fingerprint density at radius 1 is 0.868 bits per heavy atom. The molecule has 3 fully saturated rings. The third kappa shape index (κ3) is 13.2. The summed E-state index contributed by atoms with van der Waals surface area (Å²) in [5, 5.41) is 0. The number of carbonyl (C=O) groups is 7. The topological polar surface area (TPSA) is 208 Å². The fourth-order valence-corrected chi connectivity index (χ4v) is 12.3. The molecule has 2 saturated heterocycles. The van der Waals surface area contributed by atoms with Gasteiger partial charge in [0.25, 0.3) is 11.8 Å². The Morgan fingerprint density at radius 3 is 2.15 bits per heavy atom. The Morgan fingerprint density at radius 2 is 1.54 bits per heavy atom. The Balaban J connectivity index is 1.23. The van der Waals surface area contributed by atoms with Crippen LogP contribution in [-0.4, -0.2) is 147 Å². The number of fused-ring (bicyclic) bond motifs is 2. The number of imide groups is 1. The molecule has 3 heterocycles. The number of benzene rings is 1. The summed E-state index contributed by atoms with van der Waals surface area (Å²) in [4.78, 5) is 122. The van der Waals surface area contributed by atoms with Crippen molar-refractivity contribution in [3.8, 4) is 0 Å². The predicted octanol–water partition coefficient (Wildman–Crippen LogP) is 5.75. The van der Waals surface area contributed by atoms with E-state index in [0.717, 1.165) is 19.3 Å². The van der Waals surface area contributed by atoms with E-state index in [9.17, 15) is 47.9 Å². The number of likely N-dealkylation sites (tertiary alicyclic amines) is 2. The third-order valence-corrected chi connectivity index (χ3v) is 16.8. The van der Waals surface area contributed by atoms with Crippen molar-refractivity contribution in [1.82, 2.24) is 19.6 Å². The number of rotatable bonds is 27. The summed E-state index contributed by atoms with van der Waals surface area (Å²) in [7, 11) is 0.0753. The van der Waals surface area contributed by atoms with Crippen LogP contribution in [0.5, 0.6) is 0 Å². The lowest BCUT2D eigenvalue weighted by molar-refractivity contribution is -0.150. The van der Waals surface area contributed by atoms with Gasteiger partial charge < -0.3 is 34.0 Å². The van der Waals surface area contributed by atoms with Crippen LogP contribution in [0.1, 0.15) is 124 Å². The highest BCUT2D eigenvalue weighted by atomic mass is 31.2. The van der Waals surface area contributed by atoms with Crippen LogP contribution in [0.2, 0.25) is 0 Å². The van der Waals surface area contributed by atoms with Gasteiger partial charge in [0.15, 0.2) is 5.78 Å². The van der Waals surface area contributed by atoms with Gasteiger partial charge >= 0.3 is 7.60 Å². The van der Waals surface area contributed by atoms with Crippen molar-refractivity contribution in [2.45, 2.75) is 167 Å². The van der Waals surface area contributed by atoms with E-state index >= 15 is 0 Å². The van der Waals surface area contributed by atoms with Gasteiger partial charge in [0.2, 0.25) is 17.7 Å². The van der Waals surface area contributed by atoms with Crippen LogP contribution in [0.15, 0.2) is 42.5 Å². The molecule has 0 unspecified atom stereocenters. The molecule has 3 aliphatic heterocycles. The van der Waals surface area contributed by atoms with Crippen molar-refractivity contribution in [1.29, 1.82) is 0 Å². The minimum absolute atomic E-state index is 0.0128. The van der Waals surface area contributed by atoms with Crippen molar-refractivity contribution < 1.29 is 57.4 Å². The number of amides is 5. The van der Waals surface area contributed by atoms with Gasteiger partial charge in [-0.1, -0.05) is 77.8 Å². The summed E-state index contributed by atoms with van der Waals surface area (Å²) in [6.07, 6.45) is 7.09.